The molecule has 1 atom stereocenters. The maximum atomic E-state index is 11.5. The summed E-state index contributed by atoms with van der Waals surface area (Å²) in [7, 11) is 0. The Labute approximate surface area is 92.3 Å². The van der Waals surface area contributed by atoms with Crippen molar-refractivity contribution in [2.45, 2.75) is 44.2 Å². The van der Waals surface area contributed by atoms with Gasteiger partial charge in [0.15, 0.2) is 0 Å². The van der Waals surface area contributed by atoms with E-state index in [0.29, 0.717) is 6.42 Å². The highest BCUT2D eigenvalue weighted by Crippen LogP contribution is 2.21. The number of aliphatic hydroxyl groups excluding tert-OH is 1. The van der Waals surface area contributed by atoms with Crippen LogP contribution < -0.4 is 4.34 Å². The van der Waals surface area contributed by atoms with Crippen molar-refractivity contribution in [3.8, 4) is 0 Å². The number of hydrogen-bond donors (Lipinski definition) is 2. The van der Waals surface area contributed by atoms with Gasteiger partial charge in [0.1, 0.15) is 12.1 Å². The van der Waals surface area contributed by atoms with Crippen LogP contribution in [0.3, 0.4) is 0 Å². The molecule has 1 aliphatic rings. The van der Waals surface area contributed by atoms with E-state index in [1.165, 1.54) is 0 Å². The maximum absolute atomic E-state index is 11.5. The molecule has 14 heavy (non-hydrogen) atoms. The van der Waals surface area contributed by atoms with Crippen LogP contribution >= 0.6 is 16.1 Å². The Kier molecular flexibility index (Phi) is 5.44. The molecule has 0 radical (unpaired) electrons. The second kappa shape index (κ2) is 6.37. The van der Waals surface area contributed by atoms with Gasteiger partial charge in [-0.25, -0.2) is 4.34 Å². The van der Waals surface area contributed by atoms with Crippen LogP contribution in [0.15, 0.2) is 0 Å². The summed E-state index contributed by atoms with van der Waals surface area (Å²) in [4.78, 5) is 11.5. The SMILES string of the molecule is O=C(OC1CCCC1)[C@H](CCO)NBr. The van der Waals surface area contributed by atoms with Crippen LogP contribution in [0.25, 0.3) is 0 Å². The highest BCUT2D eigenvalue weighted by atomic mass is 79.9. The number of esters is 1. The Bertz CT molecular complexity index is 183. The fraction of sp³-hybridized carbons (Fsp3) is 0.889. The van der Waals surface area contributed by atoms with E-state index in [2.05, 4.69) is 20.5 Å². The number of carbonyl (C=O) groups excluding carboxylic acids is 1. The molecule has 4 nitrogen and oxygen atoms in total. The fourth-order valence-electron chi connectivity index (χ4n) is 1.60. The van der Waals surface area contributed by atoms with Crippen LogP contribution in [0, 0.1) is 0 Å². The Balaban J connectivity index is 2.30. The summed E-state index contributed by atoms with van der Waals surface area (Å²) in [6.45, 7) is -0.0248. The first-order valence-electron chi connectivity index (χ1n) is 4.95. The predicted octanol–water partition coefficient (Wildman–Crippen LogP) is 1.12. The van der Waals surface area contributed by atoms with Gasteiger partial charge < -0.3 is 9.84 Å². The summed E-state index contributed by atoms with van der Waals surface area (Å²) in [6, 6.07) is -0.444. The summed E-state index contributed by atoms with van der Waals surface area (Å²) >= 11 is 3.00. The van der Waals surface area contributed by atoms with Gasteiger partial charge in [0, 0.05) is 22.8 Å². The third kappa shape index (κ3) is 3.55. The number of hydrogen-bond acceptors (Lipinski definition) is 4. The summed E-state index contributed by atoms with van der Waals surface area (Å²) in [6.07, 6.45) is 4.69. The quantitative estimate of drug-likeness (QED) is 0.578. The van der Waals surface area contributed by atoms with Crippen molar-refractivity contribution in [3.05, 3.63) is 0 Å². The Morgan fingerprint density at radius 3 is 2.71 bits per heavy atom. The first-order valence-corrected chi connectivity index (χ1v) is 5.74. The molecule has 1 fully saturated rings. The molecule has 0 heterocycles. The number of carbonyl (C=O) groups is 1. The third-order valence-corrected chi connectivity index (χ3v) is 2.97. The lowest BCUT2D eigenvalue weighted by Crippen LogP contribution is -2.35. The van der Waals surface area contributed by atoms with Gasteiger partial charge in [-0.15, -0.1) is 0 Å². The molecule has 0 aromatic rings. The molecular formula is C9H16BrNO3. The number of nitrogens with one attached hydrogen (secondary N) is 1. The second-order valence-electron chi connectivity index (χ2n) is 3.52. The monoisotopic (exact) mass is 265 g/mol. The third-order valence-electron chi connectivity index (χ3n) is 2.42. The normalized spacial score (nSPS) is 19.6. The van der Waals surface area contributed by atoms with Crippen molar-refractivity contribution in [1.82, 2.24) is 4.34 Å². The van der Waals surface area contributed by atoms with Gasteiger partial charge in [-0.05, 0) is 32.1 Å². The molecule has 0 saturated heterocycles. The minimum absolute atomic E-state index is 0.0248. The van der Waals surface area contributed by atoms with E-state index in [9.17, 15) is 4.79 Å². The lowest BCUT2D eigenvalue weighted by atomic mass is 10.2. The zero-order valence-corrected chi connectivity index (χ0v) is 9.63. The summed E-state index contributed by atoms with van der Waals surface area (Å²) < 4.78 is 7.93. The van der Waals surface area contributed by atoms with E-state index in [4.69, 9.17) is 9.84 Å². The molecule has 0 unspecified atom stereocenters. The zero-order chi connectivity index (χ0) is 10.4. The molecule has 82 valence electrons. The molecule has 0 aromatic heterocycles. The van der Waals surface area contributed by atoms with Crippen LogP contribution in [0.1, 0.15) is 32.1 Å². The first-order chi connectivity index (χ1) is 6.77. The topological polar surface area (TPSA) is 58.6 Å². The first kappa shape index (κ1) is 11.9. The standard InChI is InChI=1S/C9H16BrNO3/c10-11-8(5-6-12)9(13)14-7-3-1-2-4-7/h7-8,11-12H,1-6H2/t8-/m0/s1. The molecule has 5 heteroatoms. The van der Waals surface area contributed by atoms with Crippen molar-refractivity contribution < 1.29 is 14.6 Å². The van der Waals surface area contributed by atoms with E-state index < -0.39 is 6.04 Å². The smallest absolute Gasteiger partial charge is 0.324 e. The number of rotatable bonds is 5. The predicted molar refractivity (Wildman–Crippen MR) is 55.9 cm³/mol. The Morgan fingerprint density at radius 1 is 1.57 bits per heavy atom. The lowest BCUT2D eigenvalue weighted by Gasteiger charge is -2.16. The van der Waals surface area contributed by atoms with Crippen molar-refractivity contribution in [2.75, 3.05) is 6.61 Å². The van der Waals surface area contributed by atoms with E-state index in [1.54, 1.807) is 0 Å². The Hall–Kier alpha value is -0.130. The summed E-state index contributed by atoms with van der Waals surface area (Å²) in [5.74, 6) is -0.275. The van der Waals surface area contributed by atoms with E-state index >= 15 is 0 Å². The minimum Gasteiger partial charge on any atom is -0.461 e. The molecule has 0 bridgehead atoms. The molecule has 0 spiro atoms. The molecule has 1 saturated carbocycles. The highest BCUT2D eigenvalue weighted by molar-refractivity contribution is 9.08. The molecule has 0 aromatic carbocycles. The summed E-state index contributed by atoms with van der Waals surface area (Å²) in [5, 5.41) is 8.71. The second-order valence-corrected chi connectivity index (χ2v) is 3.98. The van der Waals surface area contributed by atoms with Crippen molar-refractivity contribution in [1.29, 1.82) is 0 Å². The lowest BCUT2D eigenvalue weighted by molar-refractivity contribution is -0.151. The van der Waals surface area contributed by atoms with Crippen molar-refractivity contribution in [2.24, 2.45) is 0 Å². The summed E-state index contributed by atoms with van der Waals surface area (Å²) in [5.41, 5.74) is 0. The number of aliphatic hydroxyl groups is 1. The average molecular weight is 266 g/mol. The number of halogens is 1. The van der Waals surface area contributed by atoms with Crippen LogP contribution in [0.2, 0.25) is 0 Å². The van der Waals surface area contributed by atoms with E-state index in [-0.39, 0.29) is 18.7 Å². The van der Waals surface area contributed by atoms with Crippen LogP contribution in [0.5, 0.6) is 0 Å². The van der Waals surface area contributed by atoms with Gasteiger partial charge in [-0.3, -0.25) is 4.79 Å². The maximum Gasteiger partial charge on any atom is 0.324 e. The van der Waals surface area contributed by atoms with Gasteiger partial charge in [-0.2, -0.15) is 0 Å². The van der Waals surface area contributed by atoms with Gasteiger partial charge in [0.2, 0.25) is 0 Å². The van der Waals surface area contributed by atoms with E-state index in [0.717, 1.165) is 25.7 Å². The molecule has 0 amide bonds. The van der Waals surface area contributed by atoms with E-state index in [1.807, 2.05) is 0 Å². The van der Waals surface area contributed by atoms with Crippen LogP contribution in [0.4, 0.5) is 0 Å². The molecular weight excluding hydrogens is 250 g/mol. The molecule has 1 aliphatic carbocycles. The number of ether oxygens (including phenoxy) is 1. The largest absolute Gasteiger partial charge is 0.461 e. The Morgan fingerprint density at radius 2 is 2.21 bits per heavy atom. The van der Waals surface area contributed by atoms with Crippen molar-refractivity contribution >= 4 is 22.1 Å². The van der Waals surface area contributed by atoms with Crippen LogP contribution in [-0.2, 0) is 9.53 Å². The van der Waals surface area contributed by atoms with Gasteiger partial charge in [0.25, 0.3) is 0 Å². The minimum atomic E-state index is -0.444. The van der Waals surface area contributed by atoms with Crippen LogP contribution in [-0.4, -0.2) is 29.8 Å². The highest BCUT2D eigenvalue weighted by Gasteiger charge is 2.24. The van der Waals surface area contributed by atoms with Gasteiger partial charge >= 0.3 is 5.97 Å². The zero-order valence-electron chi connectivity index (χ0n) is 8.04. The fourth-order valence-corrected chi connectivity index (χ4v) is 2.01. The average Bonchev–Trinajstić information content (AvgIpc) is 2.66. The van der Waals surface area contributed by atoms with Gasteiger partial charge in [-0.1, -0.05) is 0 Å². The van der Waals surface area contributed by atoms with Crippen molar-refractivity contribution in [3.63, 3.8) is 0 Å². The van der Waals surface area contributed by atoms with Gasteiger partial charge in [0.05, 0.1) is 0 Å². The molecule has 2 N–H and O–H groups in total. The molecule has 0 aliphatic heterocycles. The molecule has 1 rings (SSSR count).